The van der Waals surface area contributed by atoms with E-state index in [0.717, 1.165) is 5.56 Å². The molecule has 0 amide bonds. The highest BCUT2D eigenvalue weighted by atomic mass is 32.2. The number of hydrogen-bond acceptors (Lipinski definition) is 8. The number of aromatic nitrogens is 3. The third kappa shape index (κ3) is 4.98. The van der Waals surface area contributed by atoms with Gasteiger partial charge in [-0.15, -0.1) is 0 Å². The maximum absolute atomic E-state index is 14.8. The molecule has 0 unspecified atom stereocenters. The first kappa shape index (κ1) is 25.4. The highest BCUT2D eigenvalue weighted by Gasteiger charge is 2.28. The molecule has 2 aromatic heterocycles. The molecule has 0 spiro atoms. The molecule has 2 heterocycles. The summed E-state index contributed by atoms with van der Waals surface area (Å²) in [6.07, 6.45) is 1.37. The normalized spacial score (nSPS) is 12.0. The smallest absolute Gasteiger partial charge is 0.189 e. The zero-order valence-electron chi connectivity index (χ0n) is 20.1. The summed E-state index contributed by atoms with van der Waals surface area (Å²) in [5.41, 5.74) is 8.19. The van der Waals surface area contributed by atoms with E-state index in [4.69, 9.17) is 10.3 Å². The number of anilines is 1. The second-order valence-corrected chi connectivity index (χ2v) is 10.8. The molecular formula is C25H25F2N5O3S. The van der Waals surface area contributed by atoms with Gasteiger partial charge in [-0.2, -0.15) is 0 Å². The van der Waals surface area contributed by atoms with Crippen molar-refractivity contribution in [3.05, 3.63) is 71.4 Å². The largest absolute Gasteiger partial charge is 0.382 e. The van der Waals surface area contributed by atoms with Gasteiger partial charge in [0.15, 0.2) is 17.3 Å². The van der Waals surface area contributed by atoms with Gasteiger partial charge in [-0.3, -0.25) is 0 Å². The Labute approximate surface area is 208 Å². The van der Waals surface area contributed by atoms with Crippen molar-refractivity contribution in [1.82, 2.24) is 20.0 Å². The van der Waals surface area contributed by atoms with E-state index in [9.17, 15) is 17.2 Å². The van der Waals surface area contributed by atoms with Crippen LogP contribution in [-0.4, -0.2) is 42.5 Å². The molecule has 0 bridgehead atoms. The SMILES string of the molecule is CN(C)Cc1ccc(-c2cc(-c3nc(-c4ccc(C(C)(C)[SH](=O)=O)c(F)c4)cnc3N)on2)c(F)c1. The first-order chi connectivity index (χ1) is 17.0. The van der Waals surface area contributed by atoms with Crippen LogP contribution in [0.1, 0.15) is 25.0 Å². The van der Waals surface area contributed by atoms with Crippen LogP contribution in [0.25, 0.3) is 34.0 Å². The maximum atomic E-state index is 14.8. The Kier molecular flexibility index (Phi) is 6.87. The van der Waals surface area contributed by atoms with Crippen LogP contribution >= 0.6 is 0 Å². The van der Waals surface area contributed by atoms with E-state index >= 15 is 0 Å². The molecule has 4 aromatic rings. The number of thiol groups is 1. The van der Waals surface area contributed by atoms with Crippen molar-refractivity contribution < 1.29 is 21.7 Å². The van der Waals surface area contributed by atoms with Crippen LogP contribution in [0.2, 0.25) is 0 Å². The van der Waals surface area contributed by atoms with E-state index in [1.165, 1.54) is 44.3 Å². The quantitative estimate of drug-likeness (QED) is 0.353. The average molecular weight is 514 g/mol. The van der Waals surface area contributed by atoms with E-state index < -0.39 is 27.1 Å². The molecular weight excluding hydrogens is 488 g/mol. The second-order valence-electron chi connectivity index (χ2n) is 9.13. The van der Waals surface area contributed by atoms with Crippen molar-refractivity contribution >= 4 is 16.5 Å². The van der Waals surface area contributed by atoms with Gasteiger partial charge in [-0.1, -0.05) is 23.4 Å². The summed E-state index contributed by atoms with van der Waals surface area (Å²) in [6.45, 7) is 3.45. The molecule has 0 saturated heterocycles. The minimum absolute atomic E-state index is 0.0458. The van der Waals surface area contributed by atoms with Crippen molar-refractivity contribution in [2.45, 2.75) is 25.1 Å². The molecule has 0 radical (unpaired) electrons. The molecule has 0 aliphatic rings. The van der Waals surface area contributed by atoms with Gasteiger partial charge in [0.2, 0.25) is 0 Å². The summed E-state index contributed by atoms with van der Waals surface area (Å²) in [6, 6.07) is 10.5. The number of nitrogens with two attached hydrogens (primary N) is 1. The zero-order chi connectivity index (χ0) is 26.2. The molecule has 2 N–H and O–H groups in total. The lowest BCUT2D eigenvalue weighted by Gasteiger charge is -2.18. The van der Waals surface area contributed by atoms with Gasteiger partial charge in [-0.05, 0) is 51.7 Å². The lowest BCUT2D eigenvalue weighted by molar-refractivity contribution is 0.401. The monoisotopic (exact) mass is 513 g/mol. The summed E-state index contributed by atoms with van der Waals surface area (Å²) in [5.74, 6) is -0.924. The summed E-state index contributed by atoms with van der Waals surface area (Å²) >= 11 is 0. The zero-order valence-corrected chi connectivity index (χ0v) is 21.0. The Bertz CT molecular complexity index is 1510. The maximum Gasteiger partial charge on any atom is 0.189 e. The Balaban J connectivity index is 1.68. The van der Waals surface area contributed by atoms with Crippen LogP contribution in [0.15, 0.2) is 53.2 Å². The molecule has 4 rings (SSSR count). The number of nitrogens with zero attached hydrogens (tertiary/aromatic N) is 4. The summed E-state index contributed by atoms with van der Waals surface area (Å²) in [5, 5.41) is 3.96. The van der Waals surface area contributed by atoms with Crippen LogP contribution in [0.3, 0.4) is 0 Å². The molecule has 2 aromatic carbocycles. The van der Waals surface area contributed by atoms with Crippen LogP contribution < -0.4 is 5.73 Å². The molecule has 0 aliphatic carbocycles. The van der Waals surface area contributed by atoms with Crippen LogP contribution in [0.4, 0.5) is 14.6 Å². The van der Waals surface area contributed by atoms with Crippen LogP contribution in [0.5, 0.6) is 0 Å². The molecule has 0 fully saturated rings. The van der Waals surface area contributed by atoms with E-state index in [1.807, 2.05) is 25.1 Å². The Morgan fingerprint density at radius 1 is 1.03 bits per heavy atom. The fraction of sp³-hybridized carbons (Fsp3) is 0.240. The van der Waals surface area contributed by atoms with Gasteiger partial charge >= 0.3 is 0 Å². The van der Waals surface area contributed by atoms with Gasteiger partial charge < -0.3 is 15.2 Å². The first-order valence-corrected chi connectivity index (χ1v) is 12.1. The lowest BCUT2D eigenvalue weighted by atomic mass is 9.99. The van der Waals surface area contributed by atoms with Crippen LogP contribution in [0, 0.1) is 11.6 Å². The van der Waals surface area contributed by atoms with E-state index in [2.05, 4.69) is 15.1 Å². The fourth-order valence-corrected chi connectivity index (χ4v) is 4.11. The summed E-state index contributed by atoms with van der Waals surface area (Å²) in [7, 11) is 0.896. The molecule has 11 heteroatoms. The molecule has 36 heavy (non-hydrogen) atoms. The fourth-order valence-electron chi connectivity index (χ4n) is 3.73. The topological polar surface area (TPSA) is 115 Å². The first-order valence-electron chi connectivity index (χ1n) is 11.0. The van der Waals surface area contributed by atoms with Crippen molar-refractivity contribution in [3.8, 4) is 34.0 Å². The predicted octanol–water partition coefficient (Wildman–Crippen LogP) is 4.23. The molecule has 0 aliphatic heterocycles. The number of nitrogen functional groups attached to an aromatic ring is 1. The Morgan fingerprint density at radius 3 is 2.42 bits per heavy atom. The van der Waals surface area contributed by atoms with Gasteiger partial charge in [0, 0.05) is 29.3 Å². The average Bonchev–Trinajstić information content (AvgIpc) is 3.28. The minimum Gasteiger partial charge on any atom is -0.382 e. The van der Waals surface area contributed by atoms with Crippen molar-refractivity contribution in [2.75, 3.05) is 19.8 Å². The van der Waals surface area contributed by atoms with E-state index in [-0.39, 0.29) is 39.8 Å². The van der Waals surface area contributed by atoms with E-state index in [1.54, 1.807) is 12.1 Å². The number of halogens is 2. The predicted molar refractivity (Wildman–Crippen MR) is 133 cm³/mol. The lowest BCUT2D eigenvalue weighted by Crippen LogP contribution is -2.20. The van der Waals surface area contributed by atoms with Gasteiger partial charge in [0.05, 0.1) is 16.6 Å². The number of benzene rings is 2. The minimum atomic E-state index is -2.90. The molecule has 8 nitrogen and oxygen atoms in total. The number of rotatable bonds is 7. The third-order valence-electron chi connectivity index (χ3n) is 5.73. The third-order valence-corrected chi connectivity index (χ3v) is 6.89. The highest BCUT2D eigenvalue weighted by Crippen LogP contribution is 2.33. The van der Waals surface area contributed by atoms with Crippen LogP contribution in [-0.2, 0) is 22.0 Å². The summed E-state index contributed by atoms with van der Waals surface area (Å²) < 4.78 is 56.7. The van der Waals surface area contributed by atoms with Crippen molar-refractivity contribution in [1.29, 1.82) is 0 Å². The molecule has 0 atom stereocenters. The van der Waals surface area contributed by atoms with E-state index in [0.29, 0.717) is 12.1 Å². The van der Waals surface area contributed by atoms with Crippen molar-refractivity contribution in [2.24, 2.45) is 0 Å². The highest BCUT2D eigenvalue weighted by molar-refractivity contribution is 7.73. The van der Waals surface area contributed by atoms with Gasteiger partial charge in [0.1, 0.15) is 28.0 Å². The summed E-state index contributed by atoms with van der Waals surface area (Å²) in [4.78, 5) is 10.5. The molecule has 188 valence electrons. The number of hydrogen-bond donors (Lipinski definition) is 2. The van der Waals surface area contributed by atoms with Gasteiger partial charge in [0.25, 0.3) is 0 Å². The van der Waals surface area contributed by atoms with Gasteiger partial charge in [-0.25, -0.2) is 27.2 Å². The second kappa shape index (κ2) is 9.75. The molecule has 0 saturated carbocycles. The Hall–Kier alpha value is -3.70. The Morgan fingerprint density at radius 2 is 1.78 bits per heavy atom. The standard InChI is InChI=1S/C25H25F2N5O3S/c1-25(2,36(33)34)17-8-6-15(10-19(17)27)21-12-29-24(28)23(30-21)22-11-20(31-35-22)16-7-5-14(9-18(16)26)13-32(3)4/h5-12,36H,13H2,1-4H3,(H2,28,29). The van der Waals surface area contributed by atoms with Crippen molar-refractivity contribution in [3.63, 3.8) is 0 Å².